The molecule has 1 aromatic heterocycles. The summed E-state index contributed by atoms with van der Waals surface area (Å²) in [6.07, 6.45) is 5.77. The molecule has 1 aliphatic rings. The van der Waals surface area contributed by atoms with Crippen LogP contribution in [0.15, 0.2) is 0 Å². The molecule has 1 fully saturated rings. The van der Waals surface area contributed by atoms with E-state index in [1.165, 1.54) is 19.3 Å². The molecule has 0 spiro atoms. The maximum absolute atomic E-state index is 6.07. The quantitative estimate of drug-likeness (QED) is 0.832. The Morgan fingerprint density at radius 3 is 2.60 bits per heavy atom. The van der Waals surface area contributed by atoms with Crippen molar-refractivity contribution in [2.24, 2.45) is 0 Å². The van der Waals surface area contributed by atoms with Crippen molar-refractivity contribution in [3.05, 3.63) is 5.28 Å². The summed E-state index contributed by atoms with van der Waals surface area (Å²) in [6, 6.07) is 0.359. The second-order valence-electron chi connectivity index (χ2n) is 5.17. The van der Waals surface area contributed by atoms with Gasteiger partial charge in [0.25, 0.3) is 0 Å². The lowest BCUT2D eigenvalue weighted by molar-refractivity contribution is 0.566. The van der Waals surface area contributed by atoms with Crippen molar-refractivity contribution in [1.29, 1.82) is 0 Å². The molecule has 0 bridgehead atoms. The first-order valence-electron chi connectivity index (χ1n) is 7.00. The summed E-state index contributed by atoms with van der Waals surface area (Å²) in [5.74, 6) is 2.40. The maximum Gasteiger partial charge on any atom is 0.231 e. The summed E-state index contributed by atoms with van der Waals surface area (Å²) < 4.78 is 0. The van der Waals surface area contributed by atoms with E-state index >= 15 is 0 Å². The molecule has 1 unspecified atom stereocenters. The van der Waals surface area contributed by atoms with E-state index in [-0.39, 0.29) is 5.28 Å². The minimum Gasteiger partial charge on any atom is -0.341 e. The molecule has 1 atom stereocenters. The van der Waals surface area contributed by atoms with Gasteiger partial charge in [-0.15, -0.1) is 0 Å². The number of hydrogen-bond acceptors (Lipinski definition) is 6. The van der Waals surface area contributed by atoms with Crippen LogP contribution in [0.2, 0.25) is 5.28 Å². The van der Waals surface area contributed by atoms with Crippen LogP contribution < -0.4 is 9.80 Å². The highest BCUT2D eigenvalue weighted by Gasteiger charge is 2.19. The predicted octanol–water partition coefficient (Wildman–Crippen LogP) is 2.70. The van der Waals surface area contributed by atoms with Gasteiger partial charge in [-0.1, -0.05) is 0 Å². The Morgan fingerprint density at radius 1 is 1.25 bits per heavy atom. The van der Waals surface area contributed by atoms with Crippen molar-refractivity contribution < 1.29 is 0 Å². The topological polar surface area (TPSA) is 45.2 Å². The van der Waals surface area contributed by atoms with E-state index in [1.807, 2.05) is 18.8 Å². The third-order valence-electron chi connectivity index (χ3n) is 3.61. The summed E-state index contributed by atoms with van der Waals surface area (Å²) >= 11 is 7.89. The summed E-state index contributed by atoms with van der Waals surface area (Å²) in [6.45, 7) is 4.17. The highest BCUT2D eigenvalue weighted by molar-refractivity contribution is 7.98. The molecule has 0 N–H and O–H groups in total. The molecule has 7 heteroatoms. The Labute approximate surface area is 130 Å². The van der Waals surface area contributed by atoms with Crippen LogP contribution in [0.25, 0.3) is 0 Å². The van der Waals surface area contributed by atoms with E-state index < -0.39 is 0 Å². The van der Waals surface area contributed by atoms with E-state index in [2.05, 4.69) is 37.9 Å². The molecule has 2 heterocycles. The molecule has 0 radical (unpaired) electrons. The Balaban J connectivity index is 2.19. The van der Waals surface area contributed by atoms with Crippen molar-refractivity contribution in [3.63, 3.8) is 0 Å². The SMILES string of the molecule is CSCC(C)N(C)c1nc(Cl)nc(N2CCCCC2)n1. The number of rotatable bonds is 5. The van der Waals surface area contributed by atoms with E-state index in [0.717, 1.165) is 18.8 Å². The molecule has 5 nitrogen and oxygen atoms in total. The number of halogens is 1. The van der Waals surface area contributed by atoms with E-state index in [1.54, 1.807) is 0 Å². The van der Waals surface area contributed by atoms with E-state index in [4.69, 9.17) is 11.6 Å². The minimum atomic E-state index is 0.277. The van der Waals surface area contributed by atoms with Gasteiger partial charge in [-0.3, -0.25) is 0 Å². The molecule has 1 saturated heterocycles. The molecule has 0 aromatic carbocycles. The zero-order chi connectivity index (χ0) is 14.5. The summed E-state index contributed by atoms with van der Waals surface area (Å²) in [7, 11) is 2.01. The summed E-state index contributed by atoms with van der Waals surface area (Å²) in [4.78, 5) is 17.4. The molecule has 1 aliphatic heterocycles. The molecular weight excluding hydrogens is 294 g/mol. The van der Waals surface area contributed by atoms with Crippen LogP contribution in [-0.2, 0) is 0 Å². The molecule has 0 aliphatic carbocycles. The number of hydrogen-bond donors (Lipinski definition) is 0. The van der Waals surface area contributed by atoms with Crippen molar-refractivity contribution in [3.8, 4) is 0 Å². The van der Waals surface area contributed by atoms with Gasteiger partial charge in [-0.25, -0.2) is 0 Å². The first kappa shape index (κ1) is 15.6. The van der Waals surface area contributed by atoms with Crippen molar-refractivity contribution in [1.82, 2.24) is 15.0 Å². The number of thioether (sulfide) groups is 1. The molecule has 2 rings (SSSR count). The third-order valence-corrected chi connectivity index (χ3v) is 4.59. The zero-order valence-electron chi connectivity index (χ0n) is 12.3. The molecule has 0 amide bonds. The number of nitrogens with zero attached hydrogens (tertiary/aromatic N) is 5. The minimum absolute atomic E-state index is 0.277. The summed E-state index contributed by atoms with van der Waals surface area (Å²) in [5, 5.41) is 0.277. The van der Waals surface area contributed by atoms with Crippen LogP contribution in [0.4, 0.5) is 11.9 Å². The first-order chi connectivity index (χ1) is 9.61. The van der Waals surface area contributed by atoms with Gasteiger partial charge < -0.3 is 9.80 Å². The van der Waals surface area contributed by atoms with Crippen LogP contribution in [-0.4, -0.2) is 53.1 Å². The Hall–Kier alpha value is -0.750. The van der Waals surface area contributed by atoms with Crippen molar-refractivity contribution in [2.45, 2.75) is 32.2 Å². The lowest BCUT2D eigenvalue weighted by atomic mass is 10.1. The fourth-order valence-electron chi connectivity index (χ4n) is 2.27. The van der Waals surface area contributed by atoms with Crippen LogP contribution in [0, 0.1) is 0 Å². The highest BCUT2D eigenvalue weighted by atomic mass is 35.5. The second-order valence-corrected chi connectivity index (χ2v) is 6.42. The van der Waals surface area contributed by atoms with Crippen molar-refractivity contribution >= 4 is 35.3 Å². The van der Waals surface area contributed by atoms with Crippen LogP contribution in [0.3, 0.4) is 0 Å². The van der Waals surface area contributed by atoms with Gasteiger partial charge in [0.2, 0.25) is 17.2 Å². The lowest BCUT2D eigenvalue weighted by Crippen LogP contribution is -2.35. The summed E-state index contributed by atoms with van der Waals surface area (Å²) in [5.41, 5.74) is 0. The predicted molar refractivity (Wildman–Crippen MR) is 87.1 cm³/mol. The standard InChI is InChI=1S/C13H22ClN5S/c1-10(9-20-3)18(2)12-15-11(14)16-13(17-12)19-7-5-4-6-8-19/h10H,4-9H2,1-3H3. The molecule has 20 heavy (non-hydrogen) atoms. The van der Waals surface area contributed by atoms with Gasteiger partial charge in [0.05, 0.1) is 0 Å². The molecule has 1 aromatic rings. The zero-order valence-corrected chi connectivity index (χ0v) is 13.9. The van der Waals surface area contributed by atoms with Crippen LogP contribution in [0.1, 0.15) is 26.2 Å². The smallest absolute Gasteiger partial charge is 0.231 e. The fraction of sp³-hybridized carbons (Fsp3) is 0.769. The monoisotopic (exact) mass is 315 g/mol. The number of piperidine rings is 1. The van der Waals surface area contributed by atoms with Crippen molar-refractivity contribution in [2.75, 3.05) is 41.9 Å². The highest BCUT2D eigenvalue weighted by Crippen LogP contribution is 2.21. The molecule has 0 saturated carbocycles. The van der Waals surface area contributed by atoms with Gasteiger partial charge in [-0.05, 0) is 44.0 Å². The largest absolute Gasteiger partial charge is 0.341 e. The normalized spacial score (nSPS) is 17.1. The van der Waals surface area contributed by atoms with E-state index in [9.17, 15) is 0 Å². The number of aromatic nitrogens is 3. The maximum atomic E-state index is 6.07. The first-order valence-corrected chi connectivity index (χ1v) is 8.77. The molecule has 112 valence electrons. The van der Waals surface area contributed by atoms with Gasteiger partial charge in [0, 0.05) is 31.9 Å². The van der Waals surface area contributed by atoms with Gasteiger partial charge in [-0.2, -0.15) is 26.7 Å². The third kappa shape index (κ3) is 3.88. The average Bonchev–Trinajstić information content (AvgIpc) is 2.47. The Bertz CT molecular complexity index is 439. The Kier molecular flexibility index (Phi) is 5.72. The van der Waals surface area contributed by atoms with Gasteiger partial charge >= 0.3 is 0 Å². The fourth-order valence-corrected chi connectivity index (χ4v) is 3.13. The van der Waals surface area contributed by atoms with Gasteiger partial charge in [0.15, 0.2) is 0 Å². The average molecular weight is 316 g/mol. The second kappa shape index (κ2) is 7.31. The lowest BCUT2D eigenvalue weighted by Gasteiger charge is -2.29. The Morgan fingerprint density at radius 2 is 1.95 bits per heavy atom. The van der Waals surface area contributed by atoms with Crippen LogP contribution >= 0.6 is 23.4 Å². The van der Waals surface area contributed by atoms with Crippen LogP contribution in [0.5, 0.6) is 0 Å². The van der Waals surface area contributed by atoms with E-state index in [0.29, 0.717) is 17.9 Å². The van der Waals surface area contributed by atoms with Gasteiger partial charge in [0.1, 0.15) is 0 Å². The number of anilines is 2. The molecular formula is C13H22ClN5S.